The van der Waals surface area contributed by atoms with Gasteiger partial charge in [0.25, 0.3) is 5.91 Å². The highest BCUT2D eigenvalue weighted by molar-refractivity contribution is 5.78. The van der Waals surface area contributed by atoms with Gasteiger partial charge in [0, 0.05) is 18.6 Å². The first kappa shape index (κ1) is 17.1. The fourth-order valence-corrected chi connectivity index (χ4v) is 2.05. The van der Waals surface area contributed by atoms with Gasteiger partial charge in [-0.15, -0.1) is 0 Å². The summed E-state index contributed by atoms with van der Waals surface area (Å²) in [4.78, 5) is 15.8. The maximum atomic E-state index is 11.5. The molecule has 0 aromatic heterocycles. The molecule has 1 saturated carbocycles. The summed E-state index contributed by atoms with van der Waals surface area (Å²) in [7, 11) is 0. The van der Waals surface area contributed by atoms with Crippen LogP contribution in [0.4, 0.5) is 0 Å². The summed E-state index contributed by atoms with van der Waals surface area (Å²) in [5.41, 5.74) is 6.90. The molecule has 6 nitrogen and oxygen atoms in total. The van der Waals surface area contributed by atoms with Gasteiger partial charge in [0.2, 0.25) is 0 Å². The molecule has 1 aromatic rings. The number of benzene rings is 1. The van der Waals surface area contributed by atoms with Crippen molar-refractivity contribution in [3.05, 3.63) is 29.8 Å². The Bertz CT molecular complexity index is 536. The van der Waals surface area contributed by atoms with Crippen LogP contribution in [0.25, 0.3) is 0 Å². The van der Waals surface area contributed by atoms with Crippen molar-refractivity contribution in [2.75, 3.05) is 13.2 Å². The number of carbonyl (C=O) groups is 1. The molecule has 4 N–H and O–H groups in total. The molecule has 0 aliphatic heterocycles. The highest BCUT2D eigenvalue weighted by atomic mass is 16.5. The Hall–Kier alpha value is -2.24. The summed E-state index contributed by atoms with van der Waals surface area (Å²) in [5.74, 6) is 1.12. The lowest BCUT2D eigenvalue weighted by atomic mass is 10.1. The smallest absolute Gasteiger partial charge is 0.258 e. The summed E-state index contributed by atoms with van der Waals surface area (Å²) < 4.78 is 5.47. The minimum absolute atomic E-state index is 0.0564. The Morgan fingerprint density at radius 2 is 2.04 bits per heavy atom. The monoisotopic (exact) mass is 318 g/mol. The number of hydrogen-bond donors (Lipinski definition) is 3. The van der Waals surface area contributed by atoms with E-state index in [2.05, 4.69) is 15.6 Å². The molecule has 0 atom stereocenters. The van der Waals surface area contributed by atoms with Gasteiger partial charge in [0.05, 0.1) is 0 Å². The molecule has 0 saturated heterocycles. The molecule has 23 heavy (non-hydrogen) atoms. The van der Waals surface area contributed by atoms with E-state index in [0.717, 1.165) is 24.8 Å². The number of ether oxygens (including phenoxy) is 1. The molecule has 2 rings (SSSR count). The fraction of sp³-hybridized carbons (Fsp3) is 0.529. The lowest BCUT2D eigenvalue weighted by Gasteiger charge is -2.09. The van der Waals surface area contributed by atoms with E-state index in [4.69, 9.17) is 10.5 Å². The van der Waals surface area contributed by atoms with Crippen molar-refractivity contribution in [2.45, 2.75) is 45.2 Å². The maximum Gasteiger partial charge on any atom is 0.258 e. The Balaban J connectivity index is 1.70. The summed E-state index contributed by atoms with van der Waals surface area (Å²) >= 11 is 0. The van der Waals surface area contributed by atoms with Crippen molar-refractivity contribution in [2.24, 2.45) is 10.7 Å². The van der Waals surface area contributed by atoms with Crippen molar-refractivity contribution in [3.8, 4) is 5.75 Å². The van der Waals surface area contributed by atoms with Crippen LogP contribution >= 0.6 is 0 Å². The van der Waals surface area contributed by atoms with Crippen LogP contribution in [0.2, 0.25) is 0 Å². The third-order valence-electron chi connectivity index (χ3n) is 3.35. The molecule has 0 heterocycles. The van der Waals surface area contributed by atoms with Gasteiger partial charge in [-0.05, 0) is 50.8 Å². The van der Waals surface area contributed by atoms with Crippen LogP contribution in [-0.2, 0) is 11.2 Å². The van der Waals surface area contributed by atoms with Crippen LogP contribution < -0.4 is 21.1 Å². The average Bonchev–Trinajstić information content (AvgIpc) is 3.29. The third-order valence-corrected chi connectivity index (χ3v) is 3.35. The fourth-order valence-electron chi connectivity index (χ4n) is 2.05. The number of carbonyl (C=O) groups excluding carboxylic acids is 1. The predicted octanol–water partition coefficient (Wildman–Crippen LogP) is 1.20. The average molecular weight is 318 g/mol. The van der Waals surface area contributed by atoms with E-state index >= 15 is 0 Å². The number of rotatable bonds is 8. The highest BCUT2D eigenvalue weighted by Crippen LogP contribution is 2.18. The van der Waals surface area contributed by atoms with Gasteiger partial charge in [-0.3, -0.25) is 9.79 Å². The van der Waals surface area contributed by atoms with Gasteiger partial charge >= 0.3 is 0 Å². The van der Waals surface area contributed by atoms with Gasteiger partial charge in [-0.1, -0.05) is 12.1 Å². The van der Waals surface area contributed by atoms with Crippen LogP contribution in [-0.4, -0.2) is 37.1 Å². The minimum Gasteiger partial charge on any atom is -0.484 e. The Kier molecular flexibility index (Phi) is 6.26. The number of guanidine groups is 1. The van der Waals surface area contributed by atoms with Gasteiger partial charge in [-0.2, -0.15) is 0 Å². The number of nitrogens with one attached hydrogen (secondary N) is 2. The Morgan fingerprint density at radius 1 is 1.35 bits per heavy atom. The normalized spacial score (nSPS) is 14.7. The maximum absolute atomic E-state index is 11.5. The van der Waals surface area contributed by atoms with Gasteiger partial charge in [0.1, 0.15) is 5.75 Å². The first-order chi connectivity index (χ1) is 11.0. The first-order valence-corrected chi connectivity index (χ1v) is 8.10. The van der Waals surface area contributed by atoms with Crippen LogP contribution in [0.5, 0.6) is 5.75 Å². The molecule has 1 aliphatic carbocycles. The van der Waals surface area contributed by atoms with Crippen molar-refractivity contribution >= 4 is 11.9 Å². The van der Waals surface area contributed by atoms with E-state index in [0.29, 0.717) is 24.3 Å². The second-order valence-electron chi connectivity index (χ2n) is 6.09. The van der Waals surface area contributed by atoms with E-state index in [1.54, 1.807) is 0 Å². The summed E-state index contributed by atoms with van der Waals surface area (Å²) in [6.07, 6.45) is 2.98. The lowest BCUT2D eigenvalue weighted by Crippen LogP contribution is -2.36. The molecular formula is C17H26N4O2. The van der Waals surface area contributed by atoms with Crippen molar-refractivity contribution < 1.29 is 9.53 Å². The van der Waals surface area contributed by atoms with Crippen molar-refractivity contribution in [1.29, 1.82) is 0 Å². The zero-order valence-electron chi connectivity index (χ0n) is 13.8. The predicted molar refractivity (Wildman–Crippen MR) is 91.6 cm³/mol. The van der Waals surface area contributed by atoms with Gasteiger partial charge in [-0.25, -0.2) is 0 Å². The first-order valence-electron chi connectivity index (χ1n) is 8.10. The van der Waals surface area contributed by atoms with E-state index in [1.165, 1.54) is 0 Å². The second kappa shape index (κ2) is 8.41. The molecule has 126 valence electrons. The Labute approximate surface area is 137 Å². The number of nitrogens with two attached hydrogens (primary N) is 1. The van der Waals surface area contributed by atoms with Crippen LogP contribution in [0.3, 0.4) is 0 Å². The Morgan fingerprint density at radius 3 is 2.65 bits per heavy atom. The standard InChI is InChI=1S/C17H26N4O2/c1-12(2)20-17(18)19-10-9-13-3-7-15(8-4-13)23-11-16(22)21-14-5-6-14/h3-4,7-8,12,14H,5-6,9-11H2,1-2H3,(H,21,22)(H3,18,19,20). The van der Waals surface area contributed by atoms with Crippen LogP contribution in [0.1, 0.15) is 32.3 Å². The quantitative estimate of drug-likeness (QED) is 0.496. The molecule has 1 fully saturated rings. The molecule has 1 amide bonds. The van der Waals surface area contributed by atoms with Gasteiger partial charge < -0.3 is 21.1 Å². The molecular weight excluding hydrogens is 292 g/mol. The molecule has 0 unspecified atom stereocenters. The highest BCUT2D eigenvalue weighted by Gasteiger charge is 2.23. The molecule has 0 spiro atoms. The number of nitrogens with zero attached hydrogens (tertiary/aromatic N) is 1. The van der Waals surface area contributed by atoms with Crippen molar-refractivity contribution in [3.63, 3.8) is 0 Å². The summed E-state index contributed by atoms with van der Waals surface area (Å²) in [6.45, 7) is 4.74. The number of amides is 1. The zero-order valence-corrected chi connectivity index (χ0v) is 13.8. The third kappa shape index (κ3) is 7.04. The molecule has 0 radical (unpaired) electrons. The summed E-state index contributed by atoms with van der Waals surface area (Å²) in [5, 5.41) is 5.94. The van der Waals surface area contributed by atoms with E-state index in [-0.39, 0.29) is 18.6 Å². The molecule has 1 aliphatic rings. The van der Waals surface area contributed by atoms with Gasteiger partial charge in [0.15, 0.2) is 12.6 Å². The molecule has 0 bridgehead atoms. The van der Waals surface area contributed by atoms with E-state index in [9.17, 15) is 4.79 Å². The molecule has 1 aromatic carbocycles. The summed E-state index contributed by atoms with van der Waals surface area (Å²) in [6, 6.07) is 8.36. The topological polar surface area (TPSA) is 88.7 Å². The number of aliphatic imine (C=N–C) groups is 1. The largest absolute Gasteiger partial charge is 0.484 e. The number of hydrogen-bond acceptors (Lipinski definition) is 3. The van der Waals surface area contributed by atoms with E-state index in [1.807, 2.05) is 38.1 Å². The lowest BCUT2D eigenvalue weighted by molar-refractivity contribution is -0.123. The second-order valence-corrected chi connectivity index (χ2v) is 6.09. The minimum atomic E-state index is -0.0564. The van der Waals surface area contributed by atoms with Crippen molar-refractivity contribution in [1.82, 2.24) is 10.6 Å². The SMILES string of the molecule is CC(C)NC(N)=NCCc1ccc(OCC(=O)NC2CC2)cc1. The molecule has 6 heteroatoms. The zero-order chi connectivity index (χ0) is 16.7. The van der Waals surface area contributed by atoms with Crippen LogP contribution in [0.15, 0.2) is 29.3 Å². The van der Waals surface area contributed by atoms with E-state index < -0.39 is 0 Å². The van der Waals surface area contributed by atoms with Crippen LogP contribution in [0, 0.1) is 0 Å².